The number of carbonyl (C=O) groups excluding carboxylic acids is 2. The molecule has 0 radical (unpaired) electrons. The van der Waals surface area contributed by atoms with E-state index < -0.39 is 12.1 Å². The Morgan fingerprint density at radius 1 is 0.833 bits per heavy atom. The molecular weight excluding hydrogens is 398 g/mol. The second-order valence-electron chi connectivity index (χ2n) is 6.72. The summed E-state index contributed by atoms with van der Waals surface area (Å²) in [6, 6.07) is 24.9. The average Bonchev–Trinajstić information content (AvgIpc) is 2.78. The molecular formula is C24H23NO4S. The van der Waals surface area contributed by atoms with Crippen LogP contribution in [0.4, 0.5) is 4.79 Å². The third kappa shape index (κ3) is 6.97. The van der Waals surface area contributed by atoms with Gasteiger partial charge in [-0.3, -0.25) is 4.79 Å². The average molecular weight is 422 g/mol. The van der Waals surface area contributed by atoms with Crippen LogP contribution in [0, 0.1) is 0 Å². The highest BCUT2D eigenvalue weighted by Crippen LogP contribution is 2.18. The van der Waals surface area contributed by atoms with Crippen LogP contribution in [0.5, 0.6) is 5.75 Å². The van der Waals surface area contributed by atoms with Crippen LogP contribution < -0.4 is 5.32 Å². The van der Waals surface area contributed by atoms with Gasteiger partial charge < -0.3 is 15.2 Å². The minimum Gasteiger partial charge on any atom is -0.508 e. The molecule has 0 aliphatic rings. The van der Waals surface area contributed by atoms with Crippen molar-refractivity contribution in [3.63, 3.8) is 0 Å². The van der Waals surface area contributed by atoms with Gasteiger partial charge in [0.15, 0.2) is 0 Å². The van der Waals surface area contributed by atoms with E-state index in [1.165, 1.54) is 0 Å². The van der Waals surface area contributed by atoms with Crippen molar-refractivity contribution in [2.75, 3.05) is 0 Å². The van der Waals surface area contributed by atoms with E-state index in [-0.39, 0.29) is 17.5 Å². The molecule has 5 nitrogen and oxygen atoms in total. The van der Waals surface area contributed by atoms with Crippen molar-refractivity contribution < 1.29 is 19.4 Å². The lowest BCUT2D eigenvalue weighted by atomic mass is 10.1. The molecule has 0 bridgehead atoms. The molecule has 0 aromatic heterocycles. The molecule has 1 atom stereocenters. The fourth-order valence-corrected chi connectivity index (χ4v) is 3.64. The molecule has 0 heterocycles. The van der Waals surface area contributed by atoms with Gasteiger partial charge in [0.25, 0.3) is 0 Å². The summed E-state index contributed by atoms with van der Waals surface area (Å²) in [5.74, 6) is 0.669. The third-order valence-corrected chi connectivity index (χ3v) is 5.44. The summed E-state index contributed by atoms with van der Waals surface area (Å²) in [6.45, 7) is 0.129. The normalized spacial score (nSPS) is 11.5. The molecule has 154 valence electrons. The Bertz CT molecular complexity index is 946. The Labute approximate surface area is 180 Å². The summed E-state index contributed by atoms with van der Waals surface area (Å²) in [5, 5.41) is 12.0. The predicted molar refractivity (Wildman–Crippen MR) is 118 cm³/mol. The van der Waals surface area contributed by atoms with E-state index in [0.29, 0.717) is 12.2 Å². The van der Waals surface area contributed by atoms with Gasteiger partial charge >= 0.3 is 6.09 Å². The molecule has 0 aliphatic heterocycles. The summed E-state index contributed by atoms with van der Waals surface area (Å²) >= 11 is 1.16. The quantitative estimate of drug-likeness (QED) is 0.552. The molecule has 1 unspecified atom stereocenters. The molecule has 0 saturated heterocycles. The Morgan fingerprint density at radius 2 is 1.43 bits per heavy atom. The maximum absolute atomic E-state index is 12.8. The number of alkyl carbamates (subject to hydrolysis) is 1. The van der Waals surface area contributed by atoms with Crippen molar-refractivity contribution in [2.45, 2.75) is 24.8 Å². The highest BCUT2D eigenvalue weighted by molar-refractivity contribution is 8.13. The second-order valence-corrected chi connectivity index (χ2v) is 7.70. The van der Waals surface area contributed by atoms with Gasteiger partial charge in [-0.2, -0.15) is 0 Å². The zero-order valence-electron chi connectivity index (χ0n) is 16.4. The van der Waals surface area contributed by atoms with Gasteiger partial charge in [-0.15, -0.1) is 0 Å². The van der Waals surface area contributed by atoms with E-state index in [4.69, 9.17) is 4.74 Å². The number of hydrogen-bond acceptors (Lipinski definition) is 5. The smallest absolute Gasteiger partial charge is 0.408 e. The molecule has 3 rings (SSSR count). The van der Waals surface area contributed by atoms with Crippen LogP contribution in [-0.4, -0.2) is 22.4 Å². The van der Waals surface area contributed by atoms with Crippen molar-refractivity contribution in [3.8, 4) is 5.75 Å². The van der Waals surface area contributed by atoms with Gasteiger partial charge in [-0.05, 0) is 28.8 Å². The second kappa shape index (κ2) is 11.1. The van der Waals surface area contributed by atoms with Gasteiger partial charge in [0.05, 0.1) is 0 Å². The Kier molecular flexibility index (Phi) is 7.92. The van der Waals surface area contributed by atoms with E-state index in [1.54, 1.807) is 24.3 Å². The lowest BCUT2D eigenvalue weighted by Gasteiger charge is -2.17. The minimum atomic E-state index is -0.744. The van der Waals surface area contributed by atoms with E-state index in [9.17, 15) is 14.7 Å². The first-order valence-electron chi connectivity index (χ1n) is 9.56. The van der Waals surface area contributed by atoms with Crippen molar-refractivity contribution in [1.29, 1.82) is 0 Å². The summed E-state index contributed by atoms with van der Waals surface area (Å²) in [7, 11) is 0. The third-order valence-electron chi connectivity index (χ3n) is 4.39. The van der Waals surface area contributed by atoms with Crippen molar-refractivity contribution in [3.05, 3.63) is 102 Å². The van der Waals surface area contributed by atoms with Crippen molar-refractivity contribution in [2.24, 2.45) is 0 Å². The fraction of sp³-hybridized carbons (Fsp3) is 0.167. The number of rotatable bonds is 8. The molecule has 0 fully saturated rings. The maximum atomic E-state index is 12.8. The van der Waals surface area contributed by atoms with Crippen molar-refractivity contribution in [1.82, 2.24) is 5.32 Å². The highest BCUT2D eigenvalue weighted by atomic mass is 32.2. The lowest BCUT2D eigenvalue weighted by molar-refractivity contribution is -0.112. The lowest BCUT2D eigenvalue weighted by Crippen LogP contribution is -2.41. The molecule has 1 amide bonds. The van der Waals surface area contributed by atoms with Gasteiger partial charge in [0.1, 0.15) is 18.4 Å². The van der Waals surface area contributed by atoms with Gasteiger partial charge in [0.2, 0.25) is 5.12 Å². The first-order chi connectivity index (χ1) is 14.6. The number of thioether (sulfide) groups is 1. The number of ether oxygens (including phenoxy) is 1. The van der Waals surface area contributed by atoms with E-state index in [0.717, 1.165) is 28.5 Å². The maximum Gasteiger partial charge on any atom is 0.408 e. The number of aromatic hydroxyl groups is 1. The monoisotopic (exact) mass is 421 g/mol. The summed E-state index contributed by atoms with van der Waals surface area (Å²) in [6.07, 6.45) is -0.335. The zero-order chi connectivity index (χ0) is 21.2. The van der Waals surface area contributed by atoms with E-state index >= 15 is 0 Å². The topological polar surface area (TPSA) is 75.6 Å². The van der Waals surface area contributed by atoms with Crippen molar-refractivity contribution >= 4 is 23.0 Å². The van der Waals surface area contributed by atoms with Gasteiger partial charge in [-0.25, -0.2) is 4.79 Å². The van der Waals surface area contributed by atoms with E-state index in [2.05, 4.69) is 5.32 Å². The number of amides is 1. The predicted octanol–water partition coefficient (Wildman–Crippen LogP) is 4.69. The molecule has 2 N–H and O–H groups in total. The molecule has 3 aromatic rings. The first kappa shape index (κ1) is 21.5. The number of nitrogens with one attached hydrogen (secondary N) is 1. The van der Waals surface area contributed by atoms with Gasteiger partial charge in [0, 0.05) is 12.2 Å². The van der Waals surface area contributed by atoms with E-state index in [1.807, 2.05) is 60.7 Å². The largest absolute Gasteiger partial charge is 0.508 e. The molecule has 3 aromatic carbocycles. The zero-order valence-corrected chi connectivity index (χ0v) is 17.2. The molecule has 0 aliphatic carbocycles. The number of carbonyl (C=O) groups is 2. The molecule has 0 spiro atoms. The Hall–Kier alpha value is -3.25. The van der Waals surface area contributed by atoms with Crippen LogP contribution in [0.3, 0.4) is 0 Å². The Morgan fingerprint density at radius 3 is 2.07 bits per heavy atom. The minimum absolute atomic E-state index is 0.129. The number of phenols is 1. The van der Waals surface area contributed by atoms with Crippen LogP contribution >= 0.6 is 11.8 Å². The van der Waals surface area contributed by atoms with Crippen LogP contribution in [0.25, 0.3) is 0 Å². The number of phenolic OH excluding ortho intramolecular Hbond substituents is 1. The Balaban J connectivity index is 1.62. The molecule has 0 saturated carbocycles. The summed E-state index contributed by atoms with van der Waals surface area (Å²) < 4.78 is 5.28. The SMILES string of the molecule is O=C(NC(Cc1ccc(O)cc1)C(=O)SCc1ccccc1)OCc1ccccc1. The highest BCUT2D eigenvalue weighted by Gasteiger charge is 2.22. The first-order valence-corrected chi connectivity index (χ1v) is 10.5. The number of hydrogen-bond donors (Lipinski definition) is 2. The van der Waals surface area contributed by atoms with Crippen LogP contribution in [0.1, 0.15) is 16.7 Å². The number of benzene rings is 3. The van der Waals surface area contributed by atoms with Crippen LogP contribution in [0.2, 0.25) is 0 Å². The van der Waals surface area contributed by atoms with Crippen LogP contribution in [-0.2, 0) is 28.3 Å². The fourth-order valence-electron chi connectivity index (χ4n) is 2.80. The molecule has 6 heteroatoms. The molecule has 30 heavy (non-hydrogen) atoms. The van der Waals surface area contributed by atoms with Gasteiger partial charge in [-0.1, -0.05) is 84.6 Å². The standard InChI is InChI=1S/C24H23NO4S/c26-21-13-11-18(12-14-21)15-22(23(27)30-17-20-9-5-2-6-10-20)25-24(28)29-16-19-7-3-1-4-8-19/h1-14,22,26H,15-17H2,(H,25,28). The van der Waals surface area contributed by atoms with Crippen LogP contribution in [0.15, 0.2) is 84.9 Å². The summed E-state index contributed by atoms with van der Waals surface area (Å²) in [5.41, 5.74) is 2.73. The summed E-state index contributed by atoms with van der Waals surface area (Å²) in [4.78, 5) is 25.2.